The molecule has 1 unspecified atom stereocenters. The van der Waals surface area contributed by atoms with E-state index in [0.717, 1.165) is 25.0 Å². The van der Waals surface area contributed by atoms with E-state index in [1.165, 1.54) is 0 Å². The topological polar surface area (TPSA) is 63.6 Å². The lowest BCUT2D eigenvalue weighted by molar-refractivity contribution is -0.143. The Hall–Kier alpha value is -0.710. The van der Waals surface area contributed by atoms with E-state index in [0.29, 0.717) is 18.8 Å². The van der Waals surface area contributed by atoms with Crippen LogP contribution >= 0.6 is 11.8 Å². The van der Waals surface area contributed by atoms with Gasteiger partial charge in [-0.3, -0.25) is 9.59 Å². The molecule has 0 aromatic carbocycles. The van der Waals surface area contributed by atoms with E-state index in [-0.39, 0.29) is 11.9 Å². The number of hydrogen-bond acceptors (Lipinski definition) is 4. The standard InChI is InChI=1S/C12H22O4S/c1-3-16-11(13)7-5-4-6-8-17-9-10(2)12(14)15/h10H,3-9H2,1-2H3,(H,14,15). The molecule has 0 bridgehead atoms. The number of thioether (sulfide) groups is 1. The van der Waals surface area contributed by atoms with Gasteiger partial charge in [-0.05, 0) is 25.5 Å². The van der Waals surface area contributed by atoms with E-state index >= 15 is 0 Å². The zero-order valence-electron chi connectivity index (χ0n) is 10.6. The molecule has 0 aliphatic heterocycles. The van der Waals surface area contributed by atoms with E-state index in [1.807, 2.05) is 0 Å². The Labute approximate surface area is 107 Å². The van der Waals surface area contributed by atoms with Gasteiger partial charge in [0.05, 0.1) is 12.5 Å². The number of rotatable bonds is 10. The lowest BCUT2D eigenvalue weighted by Gasteiger charge is -2.05. The second-order valence-electron chi connectivity index (χ2n) is 3.93. The van der Waals surface area contributed by atoms with Gasteiger partial charge in [0.2, 0.25) is 0 Å². The first kappa shape index (κ1) is 16.3. The van der Waals surface area contributed by atoms with Crippen molar-refractivity contribution in [1.29, 1.82) is 0 Å². The van der Waals surface area contributed by atoms with E-state index in [1.54, 1.807) is 25.6 Å². The Morgan fingerprint density at radius 3 is 2.59 bits per heavy atom. The molecule has 0 fully saturated rings. The number of aliphatic carboxylic acids is 1. The van der Waals surface area contributed by atoms with Crippen LogP contribution in [-0.2, 0) is 14.3 Å². The van der Waals surface area contributed by atoms with Crippen LogP contribution in [0.4, 0.5) is 0 Å². The lowest BCUT2D eigenvalue weighted by Crippen LogP contribution is -2.12. The number of carbonyl (C=O) groups is 2. The third kappa shape index (κ3) is 10.2. The maximum absolute atomic E-state index is 11.0. The Morgan fingerprint density at radius 2 is 2.00 bits per heavy atom. The summed E-state index contributed by atoms with van der Waals surface area (Å²) in [6.07, 6.45) is 3.36. The van der Waals surface area contributed by atoms with Crippen molar-refractivity contribution in [3.8, 4) is 0 Å². The maximum Gasteiger partial charge on any atom is 0.307 e. The van der Waals surface area contributed by atoms with Crippen LogP contribution in [0.2, 0.25) is 0 Å². The highest BCUT2D eigenvalue weighted by Crippen LogP contribution is 2.12. The summed E-state index contributed by atoms with van der Waals surface area (Å²) >= 11 is 1.66. The van der Waals surface area contributed by atoms with Gasteiger partial charge >= 0.3 is 11.9 Å². The van der Waals surface area contributed by atoms with Gasteiger partial charge in [-0.1, -0.05) is 13.3 Å². The molecule has 17 heavy (non-hydrogen) atoms. The first-order valence-electron chi connectivity index (χ1n) is 6.04. The third-order valence-corrected chi connectivity index (χ3v) is 3.58. The molecule has 0 amide bonds. The van der Waals surface area contributed by atoms with E-state index in [2.05, 4.69) is 0 Å². The van der Waals surface area contributed by atoms with Crippen LogP contribution in [0.1, 0.15) is 39.5 Å². The van der Waals surface area contributed by atoms with Gasteiger partial charge in [-0.2, -0.15) is 11.8 Å². The molecule has 0 aliphatic rings. The zero-order chi connectivity index (χ0) is 13.1. The van der Waals surface area contributed by atoms with Gasteiger partial charge in [0.25, 0.3) is 0 Å². The summed E-state index contributed by atoms with van der Waals surface area (Å²) in [6.45, 7) is 3.97. The van der Waals surface area contributed by atoms with Crippen LogP contribution in [0.25, 0.3) is 0 Å². The molecule has 0 saturated carbocycles. The molecule has 100 valence electrons. The summed E-state index contributed by atoms with van der Waals surface area (Å²) in [5.74, 6) is 0.479. The number of unbranched alkanes of at least 4 members (excludes halogenated alkanes) is 2. The van der Waals surface area contributed by atoms with Crippen LogP contribution in [-0.4, -0.2) is 35.2 Å². The molecule has 4 nitrogen and oxygen atoms in total. The second-order valence-corrected chi connectivity index (χ2v) is 5.08. The van der Waals surface area contributed by atoms with Crippen molar-refractivity contribution in [2.24, 2.45) is 5.92 Å². The highest BCUT2D eigenvalue weighted by atomic mass is 32.2. The Bertz CT molecular complexity index is 231. The molecule has 1 N–H and O–H groups in total. The summed E-state index contributed by atoms with van der Waals surface area (Å²) in [7, 11) is 0. The minimum absolute atomic E-state index is 0.125. The molecule has 0 aromatic heterocycles. The van der Waals surface area contributed by atoms with Crippen LogP contribution in [0.15, 0.2) is 0 Å². The van der Waals surface area contributed by atoms with Crippen LogP contribution < -0.4 is 0 Å². The predicted molar refractivity (Wildman–Crippen MR) is 69.2 cm³/mol. The number of carbonyl (C=O) groups excluding carboxylic acids is 1. The second kappa shape index (κ2) is 10.4. The summed E-state index contributed by atoms with van der Waals surface area (Å²) in [5, 5.41) is 8.67. The van der Waals surface area contributed by atoms with Crippen LogP contribution in [0.3, 0.4) is 0 Å². The molecular formula is C12H22O4S. The molecule has 1 atom stereocenters. The van der Waals surface area contributed by atoms with Gasteiger partial charge in [0.15, 0.2) is 0 Å². The third-order valence-electron chi connectivity index (χ3n) is 2.26. The van der Waals surface area contributed by atoms with E-state index in [4.69, 9.17) is 9.84 Å². The van der Waals surface area contributed by atoms with Crippen molar-refractivity contribution in [2.45, 2.75) is 39.5 Å². The SMILES string of the molecule is CCOC(=O)CCCCCSCC(C)C(=O)O. The molecule has 0 saturated heterocycles. The van der Waals surface area contributed by atoms with Gasteiger partial charge in [0, 0.05) is 12.2 Å². The van der Waals surface area contributed by atoms with Gasteiger partial charge < -0.3 is 9.84 Å². The van der Waals surface area contributed by atoms with Crippen molar-refractivity contribution in [3.63, 3.8) is 0 Å². The molecule has 0 heterocycles. The number of carboxylic acids is 1. The fourth-order valence-corrected chi connectivity index (χ4v) is 2.29. The lowest BCUT2D eigenvalue weighted by atomic mass is 10.2. The van der Waals surface area contributed by atoms with Gasteiger partial charge in [0.1, 0.15) is 0 Å². The van der Waals surface area contributed by atoms with E-state index < -0.39 is 5.97 Å². The highest BCUT2D eigenvalue weighted by molar-refractivity contribution is 7.99. The first-order valence-corrected chi connectivity index (χ1v) is 7.19. The molecule has 0 aliphatic carbocycles. The Kier molecular flexibility index (Phi) is 10.0. The molecule has 5 heteroatoms. The normalized spacial score (nSPS) is 12.1. The minimum atomic E-state index is -0.736. The molecule has 0 spiro atoms. The van der Waals surface area contributed by atoms with Gasteiger partial charge in [-0.15, -0.1) is 0 Å². The summed E-state index contributed by atoms with van der Waals surface area (Å²) in [6, 6.07) is 0. The van der Waals surface area contributed by atoms with Gasteiger partial charge in [-0.25, -0.2) is 0 Å². The number of carboxylic acid groups (broad SMARTS) is 1. The first-order chi connectivity index (χ1) is 8.07. The monoisotopic (exact) mass is 262 g/mol. The molecular weight excluding hydrogens is 240 g/mol. The zero-order valence-corrected chi connectivity index (χ0v) is 11.4. The Morgan fingerprint density at radius 1 is 1.29 bits per heavy atom. The average Bonchev–Trinajstić information content (AvgIpc) is 2.27. The average molecular weight is 262 g/mol. The molecule has 0 radical (unpaired) electrons. The highest BCUT2D eigenvalue weighted by Gasteiger charge is 2.09. The van der Waals surface area contributed by atoms with Crippen LogP contribution in [0, 0.1) is 5.92 Å². The fourth-order valence-electron chi connectivity index (χ4n) is 1.21. The Balaban J connectivity index is 3.24. The summed E-state index contributed by atoms with van der Waals surface area (Å²) in [5.41, 5.74) is 0. The quantitative estimate of drug-likeness (QED) is 0.484. The van der Waals surface area contributed by atoms with Crippen molar-refractivity contribution in [3.05, 3.63) is 0 Å². The van der Waals surface area contributed by atoms with Crippen molar-refractivity contribution < 1.29 is 19.4 Å². The largest absolute Gasteiger partial charge is 0.481 e. The summed E-state index contributed by atoms with van der Waals surface area (Å²) in [4.78, 5) is 21.5. The fraction of sp³-hybridized carbons (Fsp3) is 0.833. The number of hydrogen-bond donors (Lipinski definition) is 1. The number of ether oxygens (including phenoxy) is 1. The maximum atomic E-state index is 11.0. The smallest absolute Gasteiger partial charge is 0.307 e. The summed E-state index contributed by atoms with van der Waals surface area (Å²) < 4.78 is 4.82. The van der Waals surface area contributed by atoms with Crippen LogP contribution in [0.5, 0.6) is 0 Å². The molecule has 0 aromatic rings. The van der Waals surface area contributed by atoms with Crippen molar-refractivity contribution in [1.82, 2.24) is 0 Å². The minimum Gasteiger partial charge on any atom is -0.481 e. The van der Waals surface area contributed by atoms with E-state index in [9.17, 15) is 9.59 Å². The van der Waals surface area contributed by atoms with Crippen molar-refractivity contribution >= 4 is 23.7 Å². The predicted octanol–water partition coefficient (Wildman–Crippen LogP) is 2.56. The number of esters is 1. The molecule has 0 rings (SSSR count). The van der Waals surface area contributed by atoms with Crippen molar-refractivity contribution in [2.75, 3.05) is 18.1 Å².